The summed E-state index contributed by atoms with van der Waals surface area (Å²) in [5.41, 5.74) is 0.00496. The molecule has 0 aliphatic rings. The number of ether oxygens (including phenoxy) is 1. The van der Waals surface area contributed by atoms with E-state index in [1.165, 1.54) is 6.07 Å². The van der Waals surface area contributed by atoms with Crippen LogP contribution in [0, 0.1) is 0 Å². The predicted octanol–water partition coefficient (Wildman–Crippen LogP) is 6.03. The Bertz CT molecular complexity index is 949. The van der Waals surface area contributed by atoms with Gasteiger partial charge in [-0.25, -0.2) is 4.98 Å². The summed E-state index contributed by atoms with van der Waals surface area (Å²) in [6.45, 7) is 2.41. The molecular weight excluding hydrogens is 393 g/mol. The van der Waals surface area contributed by atoms with Crippen LogP contribution in [0.4, 0.5) is 36.3 Å². The first kappa shape index (κ1) is 19.8. The molecule has 0 saturated heterocycles. The van der Waals surface area contributed by atoms with Crippen molar-refractivity contribution in [2.45, 2.75) is 13.1 Å². The Morgan fingerprint density at radius 3 is 2.43 bits per heavy atom. The highest BCUT2D eigenvalue weighted by Crippen LogP contribution is 2.35. The van der Waals surface area contributed by atoms with Gasteiger partial charge in [0.2, 0.25) is 5.95 Å². The van der Waals surface area contributed by atoms with Crippen molar-refractivity contribution in [2.24, 2.45) is 0 Å². The largest absolute Gasteiger partial charge is 0.494 e. The number of benzene rings is 2. The summed E-state index contributed by atoms with van der Waals surface area (Å²) in [4.78, 5) is 7.77. The minimum atomic E-state index is -4.61. The number of nitrogens with one attached hydrogen (secondary N) is 2. The highest BCUT2D eigenvalue weighted by atomic mass is 35.5. The zero-order valence-electron chi connectivity index (χ0n) is 14.7. The van der Waals surface area contributed by atoms with E-state index in [4.69, 9.17) is 16.3 Å². The zero-order valence-corrected chi connectivity index (χ0v) is 15.5. The van der Waals surface area contributed by atoms with Gasteiger partial charge >= 0.3 is 6.18 Å². The van der Waals surface area contributed by atoms with Crippen molar-refractivity contribution in [3.05, 3.63) is 65.3 Å². The number of halogens is 4. The number of nitrogens with zero attached hydrogens (tertiary/aromatic N) is 2. The Hall–Kier alpha value is -3.00. The third-order valence-electron chi connectivity index (χ3n) is 3.60. The Kier molecular flexibility index (Phi) is 5.89. The summed E-state index contributed by atoms with van der Waals surface area (Å²) in [5, 5.41) is 5.92. The lowest BCUT2D eigenvalue weighted by Gasteiger charge is -2.15. The average molecular weight is 409 g/mol. The first-order valence-electron chi connectivity index (χ1n) is 8.32. The second-order valence-electron chi connectivity index (χ2n) is 5.67. The quantitative estimate of drug-likeness (QED) is 0.521. The van der Waals surface area contributed by atoms with E-state index < -0.39 is 11.7 Å². The normalized spacial score (nSPS) is 11.2. The Labute approximate surface area is 164 Å². The average Bonchev–Trinajstić information content (AvgIpc) is 2.63. The molecule has 0 amide bonds. The van der Waals surface area contributed by atoms with Crippen molar-refractivity contribution < 1.29 is 17.9 Å². The number of hydrogen-bond acceptors (Lipinski definition) is 5. The Morgan fingerprint density at radius 2 is 1.79 bits per heavy atom. The van der Waals surface area contributed by atoms with Crippen molar-refractivity contribution in [3.8, 4) is 5.75 Å². The fourth-order valence-electron chi connectivity index (χ4n) is 2.38. The standard InChI is InChI=1S/C19H16ClF3N4O/c1-2-28-15-8-6-13(7-9-15)26-18-24-11-16(19(21,22)23)17(27-18)25-14-5-3-4-12(20)10-14/h3-11H,2H2,1H3,(H2,24,25,26,27). The molecule has 0 aliphatic heterocycles. The topological polar surface area (TPSA) is 59.1 Å². The van der Waals surface area contributed by atoms with E-state index in [2.05, 4.69) is 20.6 Å². The van der Waals surface area contributed by atoms with Crippen molar-refractivity contribution >= 4 is 34.7 Å². The van der Waals surface area contributed by atoms with Gasteiger partial charge < -0.3 is 15.4 Å². The Morgan fingerprint density at radius 1 is 1.04 bits per heavy atom. The zero-order chi connectivity index (χ0) is 20.1. The summed E-state index contributed by atoms with van der Waals surface area (Å²) < 4.78 is 45.3. The molecule has 2 N–H and O–H groups in total. The highest BCUT2D eigenvalue weighted by Gasteiger charge is 2.35. The molecule has 1 heterocycles. The summed E-state index contributed by atoms with van der Waals surface area (Å²) in [6, 6.07) is 13.2. The molecule has 0 spiro atoms. The van der Waals surface area contributed by atoms with Gasteiger partial charge in [-0.15, -0.1) is 0 Å². The number of aromatic nitrogens is 2. The van der Waals surface area contributed by atoms with E-state index in [1.807, 2.05) is 6.92 Å². The first-order valence-corrected chi connectivity index (χ1v) is 8.69. The molecule has 0 unspecified atom stereocenters. The van der Waals surface area contributed by atoms with Crippen LogP contribution in [0.1, 0.15) is 12.5 Å². The molecule has 9 heteroatoms. The molecule has 0 bridgehead atoms. The second kappa shape index (κ2) is 8.35. The molecule has 3 aromatic rings. The van der Waals surface area contributed by atoms with Crippen molar-refractivity contribution in [2.75, 3.05) is 17.2 Å². The van der Waals surface area contributed by atoms with Crippen molar-refractivity contribution in [1.82, 2.24) is 9.97 Å². The van der Waals surface area contributed by atoms with Crippen LogP contribution in [0.2, 0.25) is 5.02 Å². The molecule has 3 rings (SSSR count). The summed E-state index contributed by atoms with van der Waals surface area (Å²) >= 11 is 5.90. The van der Waals surface area contributed by atoms with Crippen LogP contribution in [-0.4, -0.2) is 16.6 Å². The fraction of sp³-hybridized carbons (Fsp3) is 0.158. The van der Waals surface area contributed by atoms with E-state index in [1.54, 1.807) is 42.5 Å². The predicted molar refractivity (Wildman–Crippen MR) is 103 cm³/mol. The van der Waals surface area contributed by atoms with E-state index in [-0.39, 0.29) is 11.8 Å². The molecule has 0 fully saturated rings. The number of hydrogen-bond donors (Lipinski definition) is 2. The van der Waals surface area contributed by atoms with Crippen LogP contribution in [0.3, 0.4) is 0 Å². The van der Waals surface area contributed by atoms with E-state index >= 15 is 0 Å². The molecular formula is C19H16ClF3N4O. The molecule has 2 aromatic carbocycles. The van der Waals surface area contributed by atoms with E-state index in [0.717, 1.165) is 6.20 Å². The van der Waals surface area contributed by atoms with E-state index in [9.17, 15) is 13.2 Å². The molecule has 146 valence electrons. The lowest BCUT2D eigenvalue weighted by molar-refractivity contribution is -0.137. The van der Waals surface area contributed by atoms with Gasteiger partial charge in [0, 0.05) is 22.6 Å². The van der Waals surface area contributed by atoms with Crippen LogP contribution in [0.15, 0.2) is 54.7 Å². The summed E-state index contributed by atoms with van der Waals surface area (Å²) in [7, 11) is 0. The smallest absolute Gasteiger partial charge is 0.421 e. The third kappa shape index (κ3) is 5.04. The lowest BCUT2D eigenvalue weighted by Crippen LogP contribution is -2.12. The van der Waals surface area contributed by atoms with Crippen LogP contribution in [0.25, 0.3) is 0 Å². The molecule has 28 heavy (non-hydrogen) atoms. The summed E-state index contributed by atoms with van der Waals surface area (Å²) in [6.07, 6.45) is -3.88. The van der Waals surface area contributed by atoms with Crippen molar-refractivity contribution in [1.29, 1.82) is 0 Å². The fourth-order valence-corrected chi connectivity index (χ4v) is 2.57. The van der Waals surface area contributed by atoms with Gasteiger partial charge in [-0.2, -0.15) is 18.2 Å². The monoisotopic (exact) mass is 408 g/mol. The van der Waals surface area contributed by atoms with E-state index in [0.29, 0.717) is 28.8 Å². The van der Waals surface area contributed by atoms with Crippen LogP contribution in [0.5, 0.6) is 5.75 Å². The molecule has 0 atom stereocenters. The van der Waals surface area contributed by atoms with Gasteiger partial charge in [0.15, 0.2) is 0 Å². The molecule has 0 saturated carbocycles. The van der Waals surface area contributed by atoms with Gasteiger partial charge in [-0.1, -0.05) is 17.7 Å². The lowest BCUT2D eigenvalue weighted by atomic mass is 10.2. The minimum Gasteiger partial charge on any atom is -0.494 e. The third-order valence-corrected chi connectivity index (χ3v) is 3.84. The number of rotatable bonds is 6. The Balaban J connectivity index is 1.88. The SMILES string of the molecule is CCOc1ccc(Nc2ncc(C(F)(F)F)c(Nc3cccc(Cl)c3)n2)cc1. The number of alkyl halides is 3. The van der Waals surface area contributed by atoms with Crippen molar-refractivity contribution in [3.63, 3.8) is 0 Å². The van der Waals surface area contributed by atoms with Gasteiger partial charge in [0.1, 0.15) is 17.1 Å². The maximum absolute atomic E-state index is 13.3. The second-order valence-corrected chi connectivity index (χ2v) is 6.11. The first-order chi connectivity index (χ1) is 13.3. The molecule has 0 radical (unpaired) electrons. The number of anilines is 4. The summed E-state index contributed by atoms with van der Waals surface area (Å²) in [5.74, 6) is 0.324. The molecule has 0 aliphatic carbocycles. The van der Waals surface area contributed by atoms with Crippen LogP contribution in [-0.2, 0) is 6.18 Å². The van der Waals surface area contributed by atoms with Gasteiger partial charge in [0.25, 0.3) is 0 Å². The molecule has 5 nitrogen and oxygen atoms in total. The van der Waals surface area contributed by atoms with Gasteiger partial charge in [-0.3, -0.25) is 0 Å². The maximum atomic E-state index is 13.3. The molecule has 1 aromatic heterocycles. The van der Waals surface area contributed by atoms with Crippen LogP contribution < -0.4 is 15.4 Å². The van der Waals surface area contributed by atoms with Gasteiger partial charge in [-0.05, 0) is 49.4 Å². The minimum absolute atomic E-state index is 0.0155. The van der Waals surface area contributed by atoms with Gasteiger partial charge in [0.05, 0.1) is 6.61 Å². The van der Waals surface area contributed by atoms with Crippen LogP contribution >= 0.6 is 11.6 Å². The maximum Gasteiger partial charge on any atom is 0.421 e. The highest BCUT2D eigenvalue weighted by molar-refractivity contribution is 6.30.